The third-order valence-corrected chi connectivity index (χ3v) is 2.06. The first-order valence-corrected chi connectivity index (χ1v) is 5.03. The maximum absolute atomic E-state index is 8.92. The van der Waals surface area contributed by atoms with Crippen LogP contribution in [-0.2, 0) is 0 Å². The molecule has 4 nitrogen and oxygen atoms in total. The monoisotopic (exact) mass is 205 g/mol. The van der Waals surface area contributed by atoms with E-state index < -0.39 is 0 Å². The van der Waals surface area contributed by atoms with Crippen LogP contribution in [0.3, 0.4) is 0 Å². The van der Waals surface area contributed by atoms with Crippen molar-refractivity contribution in [1.82, 2.24) is 4.98 Å². The van der Waals surface area contributed by atoms with Crippen LogP contribution in [0.15, 0.2) is 18.3 Å². The molecule has 1 aromatic heterocycles. The minimum Gasteiger partial charge on any atom is -0.395 e. The van der Waals surface area contributed by atoms with Crippen molar-refractivity contribution in [2.45, 2.75) is 13.3 Å². The maximum atomic E-state index is 8.92. The molecule has 4 heteroatoms. The number of hydrogen-bond donors (Lipinski definition) is 1. The summed E-state index contributed by atoms with van der Waals surface area (Å²) in [6.07, 6.45) is 2.60. The number of aliphatic hydroxyl groups excluding tert-OH is 1. The first kappa shape index (κ1) is 11.5. The van der Waals surface area contributed by atoms with Crippen LogP contribution in [0.25, 0.3) is 0 Å². The van der Waals surface area contributed by atoms with Crippen LogP contribution in [0, 0.1) is 11.3 Å². The molecule has 1 aromatic rings. The Labute approximate surface area is 89.8 Å². The largest absolute Gasteiger partial charge is 0.395 e. The summed E-state index contributed by atoms with van der Waals surface area (Å²) in [5, 5.41) is 17.7. The molecule has 0 aliphatic heterocycles. The molecular weight excluding hydrogens is 190 g/mol. The summed E-state index contributed by atoms with van der Waals surface area (Å²) in [5.74, 6) is 0.755. The average molecular weight is 205 g/mol. The smallest absolute Gasteiger partial charge is 0.129 e. The summed E-state index contributed by atoms with van der Waals surface area (Å²) in [6.45, 7) is 3.55. The van der Waals surface area contributed by atoms with E-state index in [0.29, 0.717) is 12.1 Å². The quantitative estimate of drug-likeness (QED) is 0.783. The molecule has 0 unspecified atom stereocenters. The minimum atomic E-state index is 0.0957. The van der Waals surface area contributed by atoms with Crippen molar-refractivity contribution in [2.75, 3.05) is 24.6 Å². The van der Waals surface area contributed by atoms with Gasteiger partial charge in [0.25, 0.3) is 0 Å². The first-order chi connectivity index (χ1) is 7.31. The van der Waals surface area contributed by atoms with Gasteiger partial charge in [0.1, 0.15) is 5.82 Å². The van der Waals surface area contributed by atoms with Gasteiger partial charge in [0.05, 0.1) is 18.2 Å². The number of rotatable bonds is 5. The van der Waals surface area contributed by atoms with Crippen molar-refractivity contribution in [2.24, 2.45) is 0 Å². The van der Waals surface area contributed by atoms with Gasteiger partial charge in [-0.3, -0.25) is 0 Å². The van der Waals surface area contributed by atoms with Gasteiger partial charge in [0, 0.05) is 19.3 Å². The highest BCUT2D eigenvalue weighted by molar-refractivity contribution is 5.44. The Balaban J connectivity index is 2.85. The number of anilines is 1. The molecule has 0 saturated heterocycles. The zero-order valence-corrected chi connectivity index (χ0v) is 8.85. The molecule has 0 saturated carbocycles. The Morgan fingerprint density at radius 2 is 2.33 bits per heavy atom. The molecule has 0 spiro atoms. The van der Waals surface area contributed by atoms with Gasteiger partial charge in [-0.1, -0.05) is 6.92 Å². The molecule has 0 fully saturated rings. The molecule has 0 atom stereocenters. The van der Waals surface area contributed by atoms with Crippen LogP contribution in [-0.4, -0.2) is 29.8 Å². The number of aromatic nitrogens is 1. The third-order valence-electron chi connectivity index (χ3n) is 2.06. The number of pyridine rings is 1. The highest BCUT2D eigenvalue weighted by Crippen LogP contribution is 2.12. The van der Waals surface area contributed by atoms with Gasteiger partial charge in [-0.15, -0.1) is 0 Å². The van der Waals surface area contributed by atoms with E-state index in [9.17, 15) is 0 Å². The first-order valence-electron chi connectivity index (χ1n) is 5.03. The Morgan fingerprint density at radius 1 is 1.53 bits per heavy atom. The second-order valence-corrected chi connectivity index (χ2v) is 3.23. The molecule has 0 radical (unpaired) electrons. The molecule has 1 rings (SSSR count). The van der Waals surface area contributed by atoms with E-state index in [4.69, 9.17) is 10.4 Å². The van der Waals surface area contributed by atoms with E-state index >= 15 is 0 Å². The maximum Gasteiger partial charge on any atom is 0.129 e. The van der Waals surface area contributed by atoms with Crippen LogP contribution in [0.2, 0.25) is 0 Å². The predicted octanol–water partition coefficient (Wildman–Crippen LogP) is 1.16. The Kier molecular flexibility index (Phi) is 4.58. The van der Waals surface area contributed by atoms with Gasteiger partial charge >= 0.3 is 0 Å². The lowest BCUT2D eigenvalue weighted by molar-refractivity contribution is 0.301. The van der Waals surface area contributed by atoms with Crippen molar-refractivity contribution in [3.63, 3.8) is 0 Å². The van der Waals surface area contributed by atoms with Gasteiger partial charge in [-0.25, -0.2) is 4.98 Å². The van der Waals surface area contributed by atoms with Gasteiger partial charge in [0.2, 0.25) is 0 Å². The summed E-state index contributed by atoms with van der Waals surface area (Å²) in [4.78, 5) is 6.16. The number of nitrogens with zero attached hydrogens (tertiary/aromatic N) is 3. The molecule has 0 aromatic carbocycles. The fraction of sp³-hybridized carbons (Fsp3) is 0.455. The van der Waals surface area contributed by atoms with Crippen LogP contribution in [0.1, 0.15) is 18.9 Å². The minimum absolute atomic E-state index is 0.0957. The van der Waals surface area contributed by atoms with Gasteiger partial charge in [-0.05, 0) is 18.6 Å². The van der Waals surface area contributed by atoms with Gasteiger partial charge < -0.3 is 10.0 Å². The second-order valence-electron chi connectivity index (χ2n) is 3.23. The van der Waals surface area contributed by atoms with Gasteiger partial charge in [-0.2, -0.15) is 5.26 Å². The van der Waals surface area contributed by atoms with Crippen molar-refractivity contribution in [1.29, 1.82) is 5.26 Å². The molecule has 1 N–H and O–H groups in total. The zero-order valence-electron chi connectivity index (χ0n) is 8.85. The molecule has 15 heavy (non-hydrogen) atoms. The SMILES string of the molecule is CCCN(CCO)c1cc(C#N)ccn1. The molecule has 1 heterocycles. The van der Waals surface area contributed by atoms with E-state index in [2.05, 4.69) is 18.0 Å². The van der Waals surface area contributed by atoms with E-state index in [-0.39, 0.29) is 6.61 Å². The number of nitriles is 1. The lowest BCUT2D eigenvalue weighted by Crippen LogP contribution is -2.28. The topological polar surface area (TPSA) is 60.1 Å². The van der Waals surface area contributed by atoms with Crippen LogP contribution in [0.5, 0.6) is 0 Å². The highest BCUT2D eigenvalue weighted by Gasteiger charge is 2.06. The van der Waals surface area contributed by atoms with Crippen molar-refractivity contribution in [3.05, 3.63) is 23.9 Å². The van der Waals surface area contributed by atoms with Gasteiger partial charge in [0.15, 0.2) is 0 Å². The summed E-state index contributed by atoms with van der Waals surface area (Å²) in [5.41, 5.74) is 0.596. The normalized spacial score (nSPS) is 9.67. The van der Waals surface area contributed by atoms with E-state index in [1.54, 1.807) is 18.3 Å². The summed E-state index contributed by atoms with van der Waals surface area (Å²) in [7, 11) is 0. The predicted molar refractivity (Wildman–Crippen MR) is 58.5 cm³/mol. The fourth-order valence-electron chi connectivity index (χ4n) is 1.39. The summed E-state index contributed by atoms with van der Waals surface area (Å²) in [6, 6.07) is 5.49. The third kappa shape index (κ3) is 3.22. The molecular formula is C11H15N3O. The van der Waals surface area contributed by atoms with E-state index in [1.165, 1.54) is 0 Å². The molecule has 0 aliphatic carbocycles. The molecule has 0 aliphatic rings. The molecule has 0 bridgehead atoms. The number of hydrogen-bond acceptors (Lipinski definition) is 4. The Hall–Kier alpha value is -1.60. The molecule has 0 amide bonds. The molecule has 80 valence electrons. The fourth-order valence-corrected chi connectivity index (χ4v) is 1.39. The van der Waals surface area contributed by atoms with Crippen LogP contribution < -0.4 is 4.90 Å². The Bertz CT molecular complexity index is 340. The van der Waals surface area contributed by atoms with Crippen LogP contribution >= 0.6 is 0 Å². The number of aliphatic hydroxyl groups is 1. The highest BCUT2D eigenvalue weighted by atomic mass is 16.3. The van der Waals surface area contributed by atoms with Crippen molar-refractivity contribution in [3.8, 4) is 6.07 Å². The van der Waals surface area contributed by atoms with Crippen LogP contribution in [0.4, 0.5) is 5.82 Å². The summed E-state index contributed by atoms with van der Waals surface area (Å²) >= 11 is 0. The average Bonchev–Trinajstić information content (AvgIpc) is 2.29. The summed E-state index contributed by atoms with van der Waals surface area (Å²) < 4.78 is 0. The Morgan fingerprint density at radius 3 is 2.93 bits per heavy atom. The van der Waals surface area contributed by atoms with Crippen molar-refractivity contribution >= 4 is 5.82 Å². The van der Waals surface area contributed by atoms with E-state index in [1.807, 2.05) is 4.90 Å². The van der Waals surface area contributed by atoms with E-state index in [0.717, 1.165) is 18.8 Å². The second kappa shape index (κ2) is 5.99. The standard InChI is InChI=1S/C11H15N3O/c1-2-5-14(6-7-15)11-8-10(9-12)3-4-13-11/h3-4,8,15H,2,5-7H2,1H3. The lowest BCUT2D eigenvalue weighted by atomic mass is 10.2. The van der Waals surface area contributed by atoms with Crippen molar-refractivity contribution < 1.29 is 5.11 Å². The zero-order chi connectivity index (χ0) is 11.1. The lowest BCUT2D eigenvalue weighted by Gasteiger charge is -2.21.